The second-order valence-corrected chi connectivity index (χ2v) is 6.78. The van der Waals surface area contributed by atoms with Gasteiger partial charge in [0.2, 0.25) is 5.91 Å². The molecule has 0 aliphatic carbocycles. The van der Waals surface area contributed by atoms with Crippen molar-refractivity contribution in [2.45, 2.75) is 46.6 Å². The smallest absolute Gasteiger partial charge is 0.355 e. The van der Waals surface area contributed by atoms with E-state index in [4.69, 9.17) is 4.74 Å². The highest BCUT2D eigenvalue weighted by Gasteiger charge is 2.22. The number of fused-ring (bicyclic) bond motifs is 1. The van der Waals surface area contributed by atoms with E-state index in [1.54, 1.807) is 6.92 Å². The quantitative estimate of drug-likeness (QED) is 0.838. The molecule has 138 valence electrons. The summed E-state index contributed by atoms with van der Waals surface area (Å²) in [6.45, 7) is 7.45. The number of benzene rings is 1. The van der Waals surface area contributed by atoms with Crippen molar-refractivity contribution >= 4 is 11.9 Å². The number of ether oxygens (including phenoxy) is 1. The van der Waals surface area contributed by atoms with E-state index in [-0.39, 0.29) is 11.9 Å². The van der Waals surface area contributed by atoms with Gasteiger partial charge >= 0.3 is 5.97 Å². The summed E-state index contributed by atoms with van der Waals surface area (Å²) in [7, 11) is 0. The third-order valence-electron chi connectivity index (χ3n) is 5.14. The van der Waals surface area contributed by atoms with Gasteiger partial charge in [-0.25, -0.2) is 4.79 Å². The summed E-state index contributed by atoms with van der Waals surface area (Å²) in [4.78, 5) is 29.7. The Labute approximate surface area is 154 Å². The molecule has 1 aromatic heterocycles. The standard InChI is InChI=1S/C21H26N2O3/c1-4-26-21(25)20-14(2)18(15(3)22-20)9-10-19(24)23-12-11-16-7-5-6-8-17(16)13-23/h5-8,22H,4,9-13H2,1-3H3. The molecular weight excluding hydrogens is 328 g/mol. The zero-order valence-electron chi connectivity index (χ0n) is 15.7. The van der Waals surface area contributed by atoms with Crippen molar-refractivity contribution in [2.75, 3.05) is 13.2 Å². The molecule has 5 nitrogen and oxygen atoms in total. The minimum atomic E-state index is -0.335. The van der Waals surface area contributed by atoms with Gasteiger partial charge in [-0.3, -0.25) is 4.79 Å². The topological polar surface area (TPSA) is 62.4 Å². The Morgan fingerprint density at radius 3 is 2.65 bits per heavy atom. The molecule has 3 rings (SSSR count). The number of nitrogens with zero attached hydrogens (tertiary/aromatic N) is 1. The lowest BCUT2D eigenvalue weighted by Crippen LogP contribution is -2.36. The SMILES string of the molecule is CCOC(=O)c1[nH]c(C)c(CCC(=O)N2CCc3ccccc3C2)c1C. The molecule has 0 saturated carbocycles. The maximum Gasteiger partial charge on any atom is 0.355 e. The molecule has 1 amide bonds. The van der Waals surface area contributed by atoms with Crippen LogP contribution < -0.4 is 0 Å². The molecule has 1 N–H and O–H groups in total. The van der Waals surface area contributed by atoms with E-state index in [0.29, 0.717) is 31.7 Å². The van der Waals surface area contributed by atoms with E-state index in [0.717, 1.165) is 29.8 Å². The minimum absolute atomic E-state index is 0.164. The van der Waals surface area contributed by atoms with E-state index < -0.39 is 0 Å². The molecule has 2 heterocycles. The van der Waals surface area contributed by atoms with Gasteiger partial charge in [0.05, 0.1) is 6.61 Å². The van der Waals surface area contributed by atoms with Crippen LogP contribution in [0.4, 0.5) is 0 Å². The van der Waals surface area contributed by atoms with Gasteiger partial charge in [0.1, 0.15) is 5.69 Å². The van der Waals surface area contributed by atoms with E-state index in [9.17, 15) is 9.59 Å². The monoisotopic (exact) mass is 354 g/mol. The van der Waals surface area contributed by atoms with Crippen LogP contribution >= 0.6 is 0 Å². The Morgan fingerprint density at radius 1 is 1.19 bits per heavy atom. The minimum Gasteiger partial charge on any atom is -0.461 e. The first-order chi connectivity index (χ1) is 12.5. The molecule has 0 radical (unpaired) electrons. The number of esters is 1. The van der Waals surface area contributed by atoms with Crippen LogP contribution in [0.1, 0.15) is 51.8 Å². The summed E-state index contributed by atoms with van der Waals surface area (Å²) in [5.41, 5.74) is 5.94. The normalized spacial score (nSPS) is 13.4. The zero-order chi connectivity index (χ0) is 18.7. The van der Waals surface area contributed by atoms with Gasteiger partial charge in [0.15, 0.2) is 0 Å². The summed E-state index contributed by atoms with van der Waals surface area (Å²) < 4.78 is 5.09. The zero-order valence-corrected chi connectivity index (χ0v) is 15.7. The fraction of sp³-hybridized carbons (Fsp3) is 0.429. The number of H-pyrrole nitrogens is 1. The fourth-order valence-corrected chi connectivity index (χ4v) is 3.67. The number of carbonyl (C=O) groups excluding carboxylic acids is 2. The predicted molar refractivity (Wildman–Crippen MR) is 100 cm³/mol. The van der Waals surface area contributed by atoms with Crippen molar-refractivity contribution in [3.63, 3.8) is 0 Å². The number of hydrogen-bond acceptors (Lipinski definition) is 3. The number of rotatable bonds is 5. The van der Waals surface area contributed by atoms with Crippen LogP contribution in [0.2, 0.25) is 0 Å². The van der Waals surface area contributed by atoms with Gasteiger partial charge in [0.25, 0.3) is 0 Å². The van der Waals surface area contributed by atoms with Gasteiger partial charge in [-0.15, -0.1) is 0 Å². The van der Waals surface area contributed by atoms with Crippen molar-refractivity contribution in [2.24, 2.45) is 0 Å². The molecule has 0 bridgehead atoms. The lowest BCUT2D eigenvalue weighted by molar-refractivity contribution is -0.132. The van der Waals surface area contributed by atoms with Crippen molar-refractivity contribution in [3.05, 3.63) is 57.9 Å². The van der Waals surface area contributed by atoms with Gasteiger partial charge in [0, 0.05) is 25.2 Å². The van der Waals surface area contributed by atoms with Crippen LogP contribution in [0.15, 0.2) is 24.3 Å². The number of aromatic nitrogens is 1. The lowest BCUT2D eigenvalue weighted by atomic mass is 9.99. The Balaban J connectivity index is 1.64. The third kappa shape index (κ3) is 3.66. The predicted octanol–water partition coefficient (Wildman–Crippen LogP) is 3.33. The molecule has 0 spiro atoms. The van der Waals surface area contributed by atoms with Crippen LogP contribution in [-0.2, 0) is 28.9 Å². The molecule has 1 aromatic carbocycles. The van der Waals surface area contributed by atoms with E-state index in [1.165, 1.54) is 11.1 Å². The second kappa shape index (κ2) is 7.77. The molecule has 0 atom stereocenters. The van der Waals surface area contributed by atoms with Crippen LogP contribution in [0.25, 0.3) is 0 Å². The number of hydrogen-bond donors (Lipinski definition) is 1. The van der Waals surface area contributed by atoms with Gasteiger partial charge in [-0.2, -0.15) is 0 Å². The largest absolute Gasteiger partial charge is 0.461 e. The maximum atomic E-state index is 12.7. The molecule has 1 aliphatic rings. The summed E-state index contributed by atoms with van der Waals surface area (Å²) in [6.07, 6.45) is 1.99. The highest BCUT2D eigenvalue weighted by Crippen LogP contribution is 2.22. The number of aryl methyl sites for hydroxylation is 1. The molecule has 0 fully saturated rings. The Bertz CT molecular complexity index is 823. The number of amides is 1. The van der Waals surface area contributed by atoms with Crippen LogP contribution in [0.3, 0.4) is 0 Å². The second-order valence-electron chi connectivity index (χ2n) is 6.78. The molecule has 2 aromatic rings. The number of carbonyl (C=O) groups is 2. The van der Waals surface area contributed by atoms with E-state index in [1.807, 2.05) is 24.8 Å². The summed E-state index contributed by atoms with van der Waals surface area (Å²) in [6, 6.07) is 8.31. The third-order valence-corrected chi connectivity index (χ3v) is 5.14. The first kappa shape index (κ1) is 18.2. The maximum absolute atomic E-state index is 12.7. The lowest BCUT2D eigenvalue weighted by Gasteiger charge is -2.29. The summed E-state index contributed by atoms with van der Waals surface area (Å²) in [5.74, 6) is -0.171. The first-order valence-corrected chi connectivity index (χ1v) is 9.21. The van der Waals surface area contributed by atoms with Gasteiger partial charge in [-0.1, -0.05) is 24.3 Å². The first-order valence-electron chi connectivity index (χ1n) is 9.21. The van der Waals surface area contributed by atoms with Gasteiger partial charge < -0.3 is 14.6 Å². The van der Waals surface area contributed by atoms with Gasteiger partial charge in [-0.05, 0) is 55.9 Å². The summed E-state index contributed by atoms with van der Waals surface area (Å²) >= 11 is 0. The van der Waals surface area contributed by atoms with Crippen LogP contribution in [0, 0.1) is 13.8 Å². The average Bonchev–Trinajstić information content (AvgIpc) is 2.93. The highest BCUT2D eigenvalue weighted by molar-refractivity contribution is 5.90. The fourth-order valence-electron chi connectivity index (χ4n) is 3.67. The van der Waals surface area contributed by atoms with Crippen molar-refractivity contribution in [1.29, 1.82) is 0 Å². The average molecular weight is 354 g/mol. The molecule has 5 heteroatoms. The van der Waals surface area contributed by atoms with Crippen LogP contribution in [0.5, 0.6) is 0 Å². The Hall–Kier alpha value is -2.56. The number of aromatic amines is 1. The van der Waals surface area contributed by atoms with E-state index in [2.05, 4.69) is 23.2 Å². The molecule has 0 unspecified atom stereocenters. The molecule has 0 saturated heterocycles. The van der Waals surface area contributed by atoms with Crippen LogP contribution in [-0.4, -0.2) is 34.9 Å². The molecule has 26 heavy (non-hydrogen) atoms. The van der Waals surface area contributed by atoms with Crippen molar-refractivity contribution in [3.8, 4) is 0 Å². The Kier molecular flexibility index (Phi) is 5.45. The van der Waals surface area contributed by atoms with Crippen molar-refractivity contribution in [1.82, 2.24) is 9.88 Å². The molecule has 1 aliphatic heterocycles. The summed E-state index contributed by atoms with van der Waals surface area (Å²) in [5, 5.41) is 0. The highest BCUT2D eigenvalue weighted by atomic mass is 16.5. The Morgan fingerprint density at radius 2 is 1.92 bits per heavy atom. The molecular formula is C21H26N2O3. The number of nitrogens with one attached hydrogen (secondary N) is 1. The van der Waals surface area contributed by atoms with Crippen molar-refractivity contribution < 1.29 is 14.3 Å². The van der Waals surface area contributed by atoms with E-state index >= 15 is 0 Å².